The summed E-state index contributed by atoms with van der Waals surface area (Å²) in [6.45, 7) is 5.87. The van der Waals surface area contributed by atoms with Crippen LogP contribution in [0.5, 0.6) is 0 Å². The molecule has 1 aliphatic carbocycles. The molecule has 1 aliphatic heterocycles. The highest BCUT2D eigenvalue weighted by molar-refractivity contribution is 5.82. The first kappa shape index (κ1) is 19.2. The van der Waals surface area contributed by atoms with Gasteiger partial charge in [-0.05, 0) is 38.0 Å². The summed E-state index contributed by atoms with van der Waals surface area (Å²) in [6, 6.07) is 0.0958. The second kappa shape index (κ2) is 9.40. The summed E-state index contributed by atoms with van der Waals surface area (Å²) in [7, 11) is 0. The van der Waals surface area contributed by atoms with Gasteiger partial charge in [-0.1, -0.05) is 33.1 Å². The van der Waals surface area contributed by atoms with Crippen LogP contribution in [0.1, 0.15) is 65.2 Å². The Bertz CT molecular complexity index is 421. The Morgan fingerprint density at radius 2 is 1.88 bits per heavy atom. The minimum Gasteiger partial charge on any atom is -0.352 e. The Morgan fingerprint density at radius 3 is 2.50 bits per heavy atom. The van der Waals surface area contributed by atoms with Crippen LogP contribution in [-0.4, -0.2) is 42.4 Å². The Kier molecular flexibility index (Phi) is 7.53. The van der Waals surface area contributed by atoms with Gasteiger partial charge >= 0.3 is 0 Å². The van der Waals surface area contributed by atoms with Crippen molar-refractivity contribution in [2.45, 2.75) is 71.3 Å². The molecule has 0 radical (unpaired) electrons. The summed E-state index contributed by atoms with van der Waals surface area (Å²) in [5.41, 5.74) is 5.94. The summed E-state index contributed by atoms with van der Waals surface area (Å²) in [4.78, 5) is 27.0. The number of carbonyl (C=O) groups excluding carboxylic acids is 2. The first-order valence-electron chi connectivity index (χ1n) is 9.86. The van der Waals surface area contributed by atoms with Crippen molar-refractivity contribution in [3.8, 4) is 0 Å². The first-order chi connectivity index (χ1) is 11.6. The second-order valence-electron chi connectivity index (χ2n) is 7.68. The lowest BCUT2D eigenvalue weighted by atomic mass is 9.83. The predicted octanol–water partition coefficient (Wildman–Crippen LogP) is 2.29. The largest absolute Gasteiger partial charge is 0.352 e. The maximum atomic E-state index is 12.7. The summed E-state index contributed by atoms with van der Waals surface area (Å²) in [5, 5.41) is 3.21. The lowest BCUT2D eigenvalue weighted by molar-refractivity contribution is -0.139. The van der Waals surface area contributed by atoms with Crippen LogP contribution in [0.2, 0.25) is 0 Å². The molecule has 3 N–H and O–H groups in total. The van der Waals surface area contributed by atoms with Gasteiger partial charge in [0.05, 0.1) is 5.92 Å². The molecule has 0 spiro atoms. The zero-order chi connectivity index (χ0) is 17.5. The normalized spacial score (nSPS) is 25.1. The number of likely N-dealkylation sites (tertiary alicyclic amines) is 1. The molecule has 0 aromatic carbocycles. The Balaban J connectivity index is 1.89. The fraction of sp³-hybridized carbons (Fsp3) is 0.895. The number of hydrogen-bond donors (Lipinski definition) is 2. The summed E-state index contributed by atoms with van der Waals surface area (Å²) < 4.78 is 0. The fourth-order valence-corrected chi connectivity index (χ4v) is 4.08. The van der Waals surface area contributed by atoms with Crippen LogP contribution in [0.15, 0.2) is 0 Å². The molecule has 2 fully saturated rings. The average Bonchev–Trinajstić information content (AvgIpc) is 2.65. The van der Waals surface area contributed by atoms with E-state index >= 15 is 0 Å². The van der Waals surface area contributed by atoms with Crippen LogP contribution in [-0.2, 0) is 9.59 Å². The average molecular weight is 338 g/mol. The van der Waals surface area contributed by atoms with E-state index in [1.165, 1.54) is 32.1 Å². The quantitative estimate of drug-likeness (QED) is 0.781. The molecule has 1 saturated carbocycles. The highest BCUT2D eigenvalue weighted by Gasteiger charge is 2.32. The number of amides is 2. The van der Waals surface area contributed by atoms with Crippen molar-refractivity contribution in [3.05, 3.63) is 0 Å². The van der Waals surface area contributed by atoms with Gasteiger partial charge in [0, 0.05) is 31.6 Å². The van der Waals surface area contributed by atoms with Crippen molar-refractivity contribution in [1.82, 2.24) is 10.2 Å². The van der Waals surface area contributed by atoms with Crippen molar-refractivity contribution < 1.29 is 9.59 Å². The van der Waals surface area contributed by atoms with Crippen LogP contribution < -0.4 is 11.1 Å². The maximum Gasteiger partial charge on any atom is 0.225 e. The SMILES string of the molecule is CCC(C)C(=O)N1CCCC(C(=O)NC(CN)C2CCCCC2)C1. The molecule has 138 valence electrons. The molecule has 3 atom stereocenters. The van der Waals surface area contributed by atoms with Gasteiger partial charge in [-0.2, -0.15) is 0 Å². The molecule has 1 heterocycles. The van der Waals surface area contributed by atoms with E-state index < -0.39 is 0 Å². The Morgan fingerprint density at radius 1 is 1.17 bits per heavy atom. The van der Waals surface area contributed by atoms with Gasteiger partial charge in [0.25, 0.3) is 0 Å². The van der Waals surface area contributed by atoms with Gasteiger partial charge in [0.1, 0.15) is 0 Å². The van der Waals surface area contributed by atoms with E-state index in [2.05, 4.69) is 5.32 Å². The van der Waals surface area contributed by atoms with E-state index in [4.69, 9.17) is 5.73 Å². The molecule has 2 rings (SSSR count). The van der Waals surface area contributed by atoms with Crippen molar-refractivity contribution in [2.75, 3.05) is 19.6 Å². The molecule has 0 aromatic rings. The third kappa shape index (κ3) is 4.95. The van der Waals surface area contributed by atoms with E-state index in [9.17, 15) is 9.59 Å². The van der Waals surface area contributed by atoms with E-state index in [1.54, 1.807) is 0 Å². The van der Waals surface area contributed by atoms with Gasteiger partial charge in [-0.15, -0.1) is 0 Å². The van der Waals surface area contributed by atoms with Crippen molar-refractivity contribution in [3.63, 3.8) is 0 Å². The molecule has 3 unspecified atom stereocenters. The van der Waals surface area contributed by atoms with Gasteiger partial charge < -0.3 is 16.0 Å². The number of piperidine rings is 1. The lowest BCUT2D eigenvalue weighted by Crippen LogP contribution is -2.52. The topological polar surface area (TPSA) is 75.4 Å². The third-order valence-electron chi connectivity index (χ3n) is 5.94. The summed E-state index contributed by atoms with van der Waals surface area (Å²) in [5.74, 6) is 0.778. The highest BCUT2D eigenvalue weighted by atomic mass is 16.2. The van der Waals surface area contributed by atoms with Crippen LogP contribution in [0.25, 0.3) is 0 Å². The van der Waals surface area contributed by atoms with Gasteiger partial charge in [-0.3, -0.25) is 9.59 Å². The van der Waals surface area contributed by atoms with Crippen LogP contribution >= 0.6 is 0 Å². The Hall–Kier alpha value is -1.10. The minimum absolute atomic E-state index is 0.0471. The predicted molar refractivity (Wildman–Crippen MR) is 96.3 cm³/mol. The van der Waals surface area contributed by atoms with Crippen LogP contribution in [0.4, 0.5) is 0 Å². The molecule has 5 nitrogen and oxygen atoms in total. The Labute approximate surface area is 146 Å². The van der Waals surface area contributed by atoms with E-state index in [-0.39, 0.29) is 29.7 Å². The molecule has 0 aromatic heterocycles. The van der Waals surface area contributed by atoms with E-state index in [0.717, 1.165) is 25.8 Å². The van der Waals surface area contributed by atoms with Crippen LogP contribution in [0.3, 0.4) is 0 Å². The van der Waals surface area contributed by atoms with Gasteiger partial charge in [-0.25, -0.2) is 0 Å². The number of rotatable bonds is 6. The minimum atomic E-state index is -0.0793. The number of hydrogen-bond acceptors (Lipinski definition) is 3. The molecule has 1 saturated heterocycles. The molecule has 5 heteroatoms. The monoisotopic (exact) mass is 337 g/mol. The highest BCUT2D eigenvalue weighted by Crippen LogP contribution is 2.27. The fourth-order valence-electron chi connectivity index (χ4n) is 4.08. The van der Waals surface area contributed by atoms with Gasteiger partial charge in [0.15, 0.2) is 0 Å². The summed E-state index contributed by atoms with van der Waals surface area (Å²) in [6.07, 6.45) is 8.78. The third-order valence-corrected chi connectivity index (χ3v) is 5.94. The maximum absolute atomic E-state index is 12.7. The van der Waals surface area contributed by atoms with Crippen LogP contribution in [0, 0.1) is 17.8 Å². The number of nitrogens with zero attached hydrogens (tertiary/aromatic N) is 1. The molecule has 2 amide bonds. The standard InChI is InChI=1S/C19H35N3O2/c1-3-14(2)19(24)22-11-7-10-16(13-22)18(23)21-17(12-20)15-8-5-4-6-9-15/h14-17H,3-13,20H2,1-2H3,(H,21,23). The zero-order valence-electron chi connectivity index (χ0n) is 15.4. The number of nitrogens with two attached hydrogens (primary N) is 1. The van der Waals surface area contributed by atoms with Crippen molar-refractivity contribution in [2.24, 2.45) is 23.5 Å². The van der Waals surface area contributed by atoms with Crippen molar-refractivity contribution >= 4 is 11.8 Å². The second-order valence-corrected chi connectivity index (χ2v) is 7.68. The molecule has 2 aliphatic rings. The molecular formula is C19H35N3O2. The van der Waals surface area contributed by atoms with E-state index in [0.29, 0.717) is 19.0 Å². The number of carbonyl (C=O) groups is 2. The molecular weight excluding hydrogens is 302 g/mol. The summed E-state index contributed by atoms with van der Waals surface area (Å²) >= 11 is 0. The first-order valence-corrected chi connectivity index (χ1v) is 9.86. The van der Waals surface area contributed by atoms with E-state index in [1.807, 2.05) is 18.7 Å². The number of nitrogens with one attached hydrogen (secondary N) is 1. The van der Waals surface area contributed by atoms with Gasteiger partial charge in [0.2, 0.25) is 11.8 Å². The van der Waals surface area contributed by atoms with Crippen molar-refractivity contribution in [1.29, 1.82) is 0 Å². The smallest absolute Gasteiger partial charge is 0.225 e. The molecule has 0 bridgehead atoms. The molecule has 24 heavy (non-hydrogen) atoms. The zero-order valence-corrected chi connectivity index (χ0v) is 15.4. The lowest BCUT2D eigenvalue weighted by Gasteiger charge is -2.35.